The van der Waals surface area contributed by atoms with Crippen molar-refractivity contribution in [1.82, 2.24) is 14.5 Å². The van der Waals surface area contributed by atoms with Crippen LogP contribution < -0.4 is 5.69 Å². The highest BCUT2D eigenvalue weighted by atomic mass is 32.1. The number of thiazole rings is 1. The number of nitrogens with one attached hydrogen (secondary N) is 1. The van der Waals surface area contributed by atoms with Crippen LogP contribution in [0.5, 0.6) is 0 Å². The maximum atomic E-state index is 12.3. The van der Waals surface area contributed by atoms with E-state index in [1.54, 1.807) is 15.9 Å². The van der Waals surface area contributed by atoms with Crippen molar-refractivity contribution in [2.75, 3.05) is 0 Å². The zero-order valence-electron chi connectivity index (χ0n) is 14.2. The third-order valence-corrected chi connectivity index (χ3v) is 5.20. The molecule has 4 aromatic rings. The summed E-state index contributed by atoms with van der Waals surface area (Å²) < 4.78 is 1.79. The molecule has 126 valence electrons. The van der Waals surface area contributed by atoms with E-state index < -0.39 is 0 Å². The van der Waals surface area contributed by atoms with Gasteiger partial charge in [0.05, 0.1) is 16.7 Å². The van der Waals surface area contributed by atoms with E-state index in [4.69, 9.17) is 4.98 Å². The molecule has 5 heteroatoms. The van der Waals surface area contributed by atoms with Gasteiger partial charge in [0.15, 0.2) is 0 Å². The Bertz CT molecular complexity index is 1070. The number of hydrogen-bond donors (Lipinski definition) is 1. The normalized spacial score (nSPS) is 11.5. The van der Waals surface area contributed by atoms with Gasteiger partial charge in [-0.2, -0.15) is 0 Å². The lowest BCUT2D eigenvalue weighted by Crippen LogP contribution is -2.18. The van der Waals surface area contributed by atoms with Crippen LogP contribution in [0.4, 0.5) is 0 Å². The highest BCUT2D eigenvalue weighted by molar-refractivity contribution is 7.13. The predicted octanol–water partition coefficient (Wildman–Crippen LogP) is 4.62. The first-order valence-electron chi connectivity index (χ1n) is 8.35. The van der Waals surface area contributed by atoms with E-state index in [-0.39, 0.29) is 11.7 Å². The van der Waals surface area contributed by atoms with Gasteiger partial charge in [-0.1, -0.05) is 36.4 Å². The number of hydrogen-bond acceptors (Lipinski definition) is 3. The highest BCUT2D eigenvalue weighted by Gasteiger charge is 2.15. The highest BCUT2D eigenvalue weighted by Crippen LogP contribution is 2.30. The summed E-state index contributed by atoms with van der Waals surface area (Å²) in [6.07, 6.45) is 0.816. The topological polar surface area (TPSA) is 50.7 Å². The summed E-state index contributed by atoms with van der Waals surface area (Å²) in [6.45, 7) is 4.03. The molecule has 2 heterocycles. The fourth-order valence-electron chi connectivity index (χ4n) is 3.16. The molecule has 0 fully saturated rings. The second-order valence-electron chi connectivity index (χ2n) is 6.40. The van der Waals surface area contributed by atoms with Gasteiger partial charge in [-0.15, -0.1) is 11.3 Å². The number of H-pyrrole nitrogens is 1. The second-order valence-corrected chi connectivity index (χ2v) is 7.26. The lowest BCUT2D eigenvalue weighted by Gasteiger charge is -2.07. The van der Waals surface area contributed by atoms with Crippen LogP contribution in [0, 0.1) is 0 Å². The summed E-state index contributed by atoms with van der Waals surface area (Å²) >= 11 is 1.62. The SMILES string of the molecule is CC(C)n1c(=O)[nH]c2c(-c3nc(Cc4ccccc4)cs3)cccc21. The number of para-hydroxylation sites is 1. The second kappa shape index (κ2) is 6.33. The van der Waals surface area contributed by atoms with Gasteiger partial charge in [0.2, 0.25) is 0 Å². The summed E-state index contributed by atoms with van der Waals surface area (Å²) in [6, 6.07) is 16.4. The van der Waals surface area contributed by atoms with E-state index in [0.717, 1.165) is 33.7 Å². The molecule has 4 nitrogen and oxygen atoms in total. The third kappa shape index (κ3) is 2.91. The zero-order valence-corrected chi connectivity index (χ0v) is 15.0. The van der Waals surface area contributed by atoms with Crippen LogP contribution >= 0.6 is 11.3 Å². The Kier molecular flexibility index (Phi) is 4.01. The number of benzene rings is 2. The molecule has 1 N–H and O–H groups in total. The van der Waals surface area contributed by atoms with E-state index in [0.29, 0.717) is 0 Å². The van der Waals surface area contributed by atoms with Crippen molar-refractivity contribution in [1.29, 1.82) is 0 Å². The molecule has 0 atom stereocenters. The first-order valence-corrected chi connectivity index (χ1v) is 9.23. The predicted molar refractivity (Wildman–Crippen MR) is 103 cm³/mol. The van der Waals surface area contributed by atoms with Gasteiger partial charge in [-0.05, 0) is 31.5 Å². The molecule has 25 heavy (non-hydrogen) atoms. The van der Waals surface area contributed by atoms with Gasteiger partial charge in [0.1, 0.15) is 5.01 Å². The van der Waals surface area contributed by atoms with Gasteiger partial charge in [-0.25, -0.2) is 9.78 Å². The molecule has 0 spiro atoms. The Balaban J connectivity index is 1.76. The molecule has 0 aliphatic heterocycles. The molecule has 4 rings (SSSR count). The van der Waals surface area contributed by atoms with Crippen molar-refractivity contribution in [2.24, 2.45) is 0 Å². The van der Waals surface area contributed by atoms with Crippen LogP contribution in [-0.2, 0) is 6.42 Å². The summed E-state index contributed by atoms with van der Waals surface area (Å²) in [5.74, 6) is 0. The zero-order chi connectivity index (χ0) is 17.4. The number of nitrogens with zero attached hydrogens (tertiary/aromatic N) is 2. The van der Waals surface area contributed by atoms with Crippen molar-refractivity contribution >= 4 is 22.4 Å². The fraction of sp³-hybridized carbons (Fsp3) is 0.200. The first kappa shape index (κ1) is 15.8. The number of aromatic nitrogens is 3. The smallest absolute Gasteiger partial charge is 0.305 e. The van der Waals surface area contributed by atoms with Crippen LogP contribution in [0.1, 0.15) is 31.1 Å². The Morgan fingerprint density at radius 1 is 1.12 bits per heavy atom. The minimum absolute atomic E-state index is 0.0708. The average molecular weight is 349 g/mol. The van der Waals surface area contributed by atoms with Gasteiger partial charge in [0, 0.05) is 23.4 Å². The third-order valence-electron chi connectivity index (χ3n) is 4.28. The largest absolute Gasteiger partial charge is 0.326 e. The maximum absolute atomic E-state index is 12.3. The van der Waals surface area contributed by atoms with Gasteiger partial charge in [0.25, 0.3) is 0 Å². The molecular weight excluding hydrogens is 330 g/mol. The Hall–Kier alpha value is -2.66. The molecule has 0 amide bonds. The Morgan fingerprint density at radius 3 is 2.68 bits per heavy atom. The van der Waals surface area contributed by atoms with Crippen LogP contribution in [0.25, 0.3) is 21.6 Å². The van der Waals surface area contributed by atoms with Crippen LogP contribution in [0.3, 0.4) is 0 Å². The summed E-state index contributed by atoms with van der Waals surface area (Å²) in [5, 5.41) is 3.03. The van der Waals surface area contributed by atoms with E-state index in [2.05, 4.69) is 22.5 Å². The minimum atomic E-state index is -0.0708. The Labute approximate surface area is 149 Å². The lowest BCUT2D eigenvalue weighted by molar-refractivity contribution is 0.598. The number of aromatic amines is 1. The van der Waals surface area contributed by atoms with E-state index >= 15 is 0 Å². The number of fused-ring (bicyclic) bond motifs is 1. The summed E-state index contributed by atoms with van der Waals surface area (Å²) in [7, 11) is 0. The van der Waals surface area contributed by atoms with Crippen LogP contribution in [0.2, 0.25) is 0 Å². The molecule has 2 aromatic heterocycles. The van der Waals surface area contributed by atoms with E-state index in [1.807, 2.05) is 50.2 Å². The molecule has 0 saturated carbocycles. The van der Waals surface area contributed by atoms with Gasteiger partial charge >= 0.3 is 5.69 Å². The molecule has 0 unspecified atom stereocenters. The van der Waals surface area contributed by atoms with E-state index in [9.17, 15) is 4.79 Å². The number of rotatable bonds is 4. The van der Waals surface area contributed by atoms with Crippen LogP contribution in [0.15, 0.2) is 58.7 Å². The monoisotopic (exact) mass is 349 g/mol. The first-order chi connectivity index (χ1) is 12.1. The molecule has 0 aliphatic rings. The van der Waals surface area contributed by atoms with Gasteiger partial charge in [-0.3, -0.25) is 4.57 Å². The standard InChI is InChI=1S/C20H19N3OS/c1-13(2)23-17-10-6-9-16(18(17)22-20(23)24)19-21-15(12-25-19)11-14-7-4-3-5-8-14/h3-10,12-13H,11H2,1-2H3,(H,22,24). The van der Waals surface area contributed by atoms with Crippen molar-refractivity contribution in [2.45, 2.75) is 26.3 Å². The van der Waals surface area contributed by atoms with Crippen molar-refractivity contribution in [3.63, 3.8) is 0 Å². The maximum Gasteiger partial charge on any atom is 0.326 e. The van der Waals surface area contributed by atoms with Crippen molar-refractivity contribution in [3.8, 4) is 10.6 Å². The number of imidazole rings is 1. The van der Waals surface area contributed by atoms with E-state index in [1.165, 1.54) is 5.56 Å². The Morgan fingerprint density at radius 2 is 1.92 bits per heavy atom. The van der Waals surface area contributed by atoms with Gasteiger partial charge < -0.3 is 4.98 Å². The minimum Gasteiger partial charge on any atom is -0.305 e. The molecule has 0 radical (unpaired) electrons. The lowest BCUT2D eigenvalue weighted by atomic mass is 10.1. The average Bonchev–Trinajstić information content (AvgIpc) is 3.18. The molecule has 0 aliphatic carbocycles. The quantitative estimate of drug-likeness (QED) is 0.584. The van der Waals surface area contributed by atoms with Crippen LogP contribution in [-0.4, -0.2) is 14.5 Å². The van der Waals surface area contributed by atoms with Crippen molar-refractivity contribution in [3.05, 3.63) is 75.7 Å². The summed E-state index contributed by atoms with van der Waals surface area (Å²) in [5.41, 5.74) is 5.00. The fourth-order valence-corrected chi connectivity index (χ4v) is 4.01. The molecule has 2 aromatic carbocycles. The van der Waals surface area contributed by atoms with Crippen molar-refractivity contribution < 1.29 is 0 Å². The molecular formula is C20H19N3OS. The molecule has 0 bridgehead atoms. The molecule has 0 saturated heterocycles. The summed E-state index contributed by atoms with van der Waals surface area (Å²) in [4.78, 5) is 20.1.